The lowest BCUT2D eigenvalue weighted by Gasteiger charge is -2.12. The molecular formula is C23H26ClN5O2. The number of benzene rings is 2. The summed E-state index contributed by atoms with van der Waals surface area (Å²) in [6, 6.07) is 15.1. The number of aromatic nitrogens is 2. The minimum absolute atomic E-state index is 0.0160. The van der Waals surface area contributed by atoms with E-state index in [1.165, 1.54) is 4.68 Å². The first-order chi connectivity index (χ1) is 15.0. The van der Waals surface area contributed by atoms with Crippen molar-refractivity contribution in [2.75, 3.05) is 11.9 Å². The summed E-state index contributed by atoms with van der Waals surface area (Å²) in [5.41, 5.74) is 9.38. The molecule has 7 nitrogen and oxygen atoms in total. The van der Waals surface area contributed by atoms with Crippen LogP contribution in [-0.4, -0.2) is 22.2 Å². The van der Waals surface area contributed by atoms with Crippen LogP contribution < -0.4 is 21.9 Å². The molecule has 1 heterocycles. The molecule has 0 aliphatic heterocycles. The van der Waals surface area contributed by atoms with Gasteiger partial charge in [-0.25, -0.2) is 4.68 Å². The van der Waals surface area contributed by atoms with Crippen molar-refractivity contribution in [3.8, 4) is 0 Å². The van der Waals surface area contributed by atoms with Crippen LogP contribution in [0.4, 0.5) is 5.69 Å². The molecule has 3 rings (SSSR count). The predicted molar refractivity (Wildman–Crippen MR) is 123 cm³/mol. The third-order valence-electron chi connectivity index (χ3n) is 4.99. The van der Waals surface area contributed by atoms with Crippen LogP contribution in [0.2, 0.25) is 5.02 Å². The third kappa shape index (κ3) is 6.16. The first-order valence-electron chi connectivity index (χ1n) is 10.1. The van der Waals surface area contributed by atoms with Crippen LogP contribution in [0.3, 0.4) is 0 Å². The number of carbonyl (C=O) groups is 1. The molecule has 0 aliphatic carbocycles. The van der Waals surface area contributed by atoms with Crippen molar-refractivity contribution in [1.29, 1.82) is 0 Å². The molecule has 0 saturated heterocycles. The van der Waals surface area contributed by atoms with Crippen LogP contribution >= 0.6 is 11.6 Å². The van der Waals surface area contributed by atoms with Gasteiger partial charge in [-0.1, -0.05) is 35.9 Å². The van der Waals surface area contributed by atoms with E-state index in [0.29, 0.717) is 42.3 Å². The van der Waals surface area contributed by atoms with E-state index in [0.717, 1.165) is 16.8 Å². The highest BCUT2D eigenvalue weighted by atomic mass is 35.5. The molecule has 0 fully saturated rings. The van der Waals surface area contributed by atoms with Crippen molar-refractivity contribution in [3.63, 3.8) is 0 Å². The number of halogens is 1. The zero-order valence-electron chi connectivity index (χ0n) is 17.4. The average Bonchev–Trinajstić information content (AvgIpc) is 2.77. The van der Waals surface area contributed by atoms with Gasteiger partial charge in [-0.05, 0) is 47.9 Å². The van der Waals surface area contributed by atoms with Crippen LogP contribution in [0.1, 0.15) is 22.3 Å². The number of nitrogens with zero attached hydrogens (tertiary/aromatic N) is 2. The van der Waals surface area contributed by atoms with E-state index in [1.54, 1.807) is 25.3 Å². The van der Waals surface area contributed by atoms with E-state index >= 15 is 0 Å². The molecule has 0 aliphatic rings. The molecule has 0 bridgehead atoms. The topological polar surface area (TPSA) is 102 Å². The van der Waals surface area contributed by atoms with Crippen molar-refractivity contribution < 1.29 is 4.79 Å². The quantitative estimate of drug-likeness (QED) is 0.475. The Kier molecular flexibility index (Phi) is 7.81. The Morgan fingerprint density at radius 1 is 1.16 bits per heavy atom. The van der Waals surface area contributed by atoms with E-state index in [-0.39, 0.29) is 17.9 Å². The van der Waals surface area contributed by atoms with Gasteiger partial charge in [0.2, 0.25) is 5.91 Å². The molecule has 0 spiro atoms. The molecule has 2 aromatic carbocycles. The fourth-order valence-electron chi connectivity index (χ4n) is 3.22. The standard InChI is InChI=1S/C23H26ClN5O2/c1-16-14-28-29(10-9-26-20-5-3-2-4-6-20)23(31)21(16)12-22(30)27-15-18-11-19(24)8-7-17(18)13-25/h2-8,11,14,26H,9-10,12-13,15,25H2,1H3,(H,27,30). The Morgan fingerprint density at radius 2 is 1.94 bits per heavy atom. The molecule has 0 atom stereocenters. The molecule has 0 radical (unpaired) electrons. The Bertz CT molecular complexity index is 1100. The Hall–Kier alpha value is -3.16. The lowest BCUT2D eigenvalue weighted by Crippen LogP contribution is -2.33. The van der Waals surface area contributed by atoms with E-state index in [4.69, 9.17) is 17.3 Å². The molecule has 0 saturated carbocycles. The number of hydrogen-bond donors (Lipinski definition) is 3. The van der Waals surface area contributed by atoms with Gasteiger partial charge in [-0.3, -0.25) is 9.59 Å². The van der Waals surface area contributed by atoms with Gasteiger partial charge in [0.15, 0.2) is 0 Å². The molecule has 1 amide bonds. The van der Waals surface area contributed by atoms with Gasteiger partial charge in [0.05, 0.1) is 19.2 Å². The molecule has 3 aromatic rings. The number of para-hydroxylation sites is 1. The minimum Gasteiger partial charge on any atom is -0.383 e. The summed E-state index contributed by atoms with van der Waals surface area (Å²) in [6.45, 7) is 3.37. The maximum atomic E-state index is 12.8. The average molecular weight is 440 g/mol. The number of rotatable bonds is 9. The lowest BCUT2D eigenvalue weighted by atomic mass is 10.1. The number of amides is 1. The molecule has 1 aromatic heterocycles. The predicted octanol–water partition coefficient (Wildman–Crippen LogP) is 2.63. The van der Waals surface area contributed by atoms with Gasteiger partial charge >= 0.3 is 0 Å². The fourth-order valence-corrected chi connectivity index (χ4v) is 3.42. The summed E-state index contributed by atoms with van der Waals surface area (Å²) in [5.74, 6) is -0.247. The van der Waals surface area contributed by atoms with Gasteiger partial charge < -0.3 is 16.4 Å². The van der Waals surface area contributed by atoms with Crippen molar-refractivity contribution in [3.05, 3.63) is 92.4 Å². The number of anilines is 1. The number of nitrogens with two attached hydrogens (primary N) is 1. The second kappa shape index (κ2) is 10.7. The van der Waals surface area contributed by atoms with Crippen molar-refractivity contribution in [1.82, 2.24) is 15.1 Å². The summed E-state index contributed by atoms with van der Waals surface area (Å²) in [6.07, 6.45) is 1.61. The van der Waals surface area contributed by atoms with Crippen molar-refractivity contribution in [2.45, 2.75) is 33.0 Å². The van der Waals surface area contributed by atoms with Crippen LogP contribution in [0.15, 0.2) is 59.5 Å². The summed E-state index contributed by atoms with van der Waals surface area (Å²) >= 11 is 6.05. The smallest absolute Gasteiger partial charge is 0.270 e. The van der Waals surface area contributed by atoms with Crippen molar-refractivity contribution in [2.24, 2.45) is 5.73 Å². The summed E-state index contributed by atoms with van der Waals surface area (Å²) in [7, 11) is 0. The van der Waals surface area contributed by atoms with Crippen molar-refractivity contribution >= 4 is 23.2 Å². The highest BCUT2D eigenvalue weighted by Crippen LogP contribution is 2.16. The largest absolute Gasteiger partial charge is 0.383 e. The van der Waals surface area contributed by atoms with E-state index in [2.05, 4.69) is 15.7 Å². The fraction of sp³-hybridized carbons (Fsp3) is 0.261. The molecule has 0 unspecified atom stereocenters. The van der Waals surface area contributed by atoms with Gasteiger partial charge in [0.25, 0.3) is 5.56 Å². The monoisotopic (exact) mass is 439 g/mol. The number of hydrogen-bond acceptors (Lipinski definition) is 5. The first kappa shape index (κ1) is 22.5. The molecule has 31 heavy (non-hydrogen) atoms. The first-order valence-corrected chi connectivity index (χ1v) is 10.4. The maximum Gasteiger partial charge on any atom is 0.270 e. The summed E-state index contributed by atoms with van der Waals surface area (Å²) in [5, 5.41) is 10.9. The van der Waals surface area contributed by atoms with Crippen LogP contribution in [0, 0.1) is 6.92 Å². The second-order valence-electron chi connectivity index (χ2n) is 7.20. The number of nitrogens with one attached hydrogen (secondary N) is 2. The molecule has 8 heteroatoms. The Balaban J connectivity index is 1.63. The highest BCUT2D eigenvalue weighted by Gasteiger charge is 2.13. The second-order valence-corrected chi connectivity index (χ2v) is 7.63. The van der Waals surface area contributed by atoms with E-state index in [9.17, 15) is 9.59 Å². The lowest BCUT2D eigenvalue weighted by molar-refractivity contribution is -0.120. The van der Waals surface area contributed by atoms with Gasteiger partial charge in [0.1, 0.15) is 0 Å². The van der Waals surface area contributed by atoms with Gasteiger partial charge in [-0.15, -0.1) is 0 Å². The highest BCUT2D eigenvalue weighted by molar-refractivity contribution is 6.30. The Morgan fingerprint density at radius 3 is 2.68 bits per heavy atom. The van der Waals surface area contributed by atoms with Gasteiger partial charge in [0, 0.05) is 35.9 Å². The summed E-state index contributed by atoms with van der Waals surface area (Å²) < 4.78 is 1.38. The molecular weight excluding hydrogens is 414 g/mol. The Labute approximate surface area is 186 Å². The zero-order chi connectivity index (χ0) is 22.2. The molecule has 162 valence electrons. The number of aryl methyl sites for hydroxylation is 1. The van der Waals surface area contributed by atoms with Crippen LogP contribution in [0.25, 0.3) is 0 Å². The normalized spacial score (nSPS) is 10.7. The summed E-state index contributed by atoms with van der Waals surface area (Å²) in [4.78, 5) is 25.4. The SMILES string of the molecule is Cc1cnn(CCNc2ccccc2)c(=O)c1CC(=O)NCc1cc(Cl)ccc1CN. The maximum absolute atomic E-state index is 12.8. The zero-order valence-corrected chi connectivity index (χ0v) is 18.2. The van der Waals surface area contributed by atoms with E-state index < -0.39 is 0 Å². The van der Waals surface area contributed by atoms with E-state index in [1.807, 2.05) is 36.4 Å². The van der Waals surface area contributed by atoms with Crippen LogP contribution in [-0.2, 0) is 30.8 Å². The van der Waals surface area contributed by atoms with Gasteiger partial charge in [-0.2, -0.15) is 5.10 Å². The van der Waals surface area contributed by atoms with Crippen LogP contribution in [0.5, 0.6) is 0 Å². The number of carbonyl (C=O) groups excluding carboxylic acids is 1. The minimum atomic E-state index is -0.254. The third-order valence-corrected chi connectivity index (χ3v) is 5.22. The molecule has 4 N–H and O–H groups in total.